The quantitative estimate of drug-likeness (QED) is 0.825. The molecular formula is C14H20N2O4. The van der Waals surface area contributed by atoms with Gasteiger partial charge in [0.1, 0.15) is 5.54 Å². The zero-order valence-corrected chi connectivity index (χ0v) is 11.8. The number of methoxy groups -OCH3 is 2. The van der Waals surface area contributed by atoms with E-state index < -0.39 is 11.5 Å². The first kappa shape index (κ1) is 14.6. The van der Waals surface area contributed by atoms with Gasteiger partial charge in [-0.2, -0.15) is 0 Å². The van der Waals surface area contributed by atoms with Crippen LogP contribution in [0.5, 0.6) is 11.5 Å². The number of likely N-dealkylation sites (tertiary alicyclic amines) is 1. The van der Waals surface area contributed by atoms with Crippen LogP contribution in [0.1, 0.15) is 12.0 Å². The molecular weight excluding hydrogens is 260 g/mol. The van der Waals surface area contributed by atoms with Gasteiger partial charge in [-0.25, -0.2) is 0 Å². The molecule has 0 radical (unpaired) electrons. The van der Waals surface area contributed by atoms with Crippen molar-refractivity contribution in [2.45, 2.75) is 18.5 Å². The number of carboxylic acids is 1. The van der Waals surface area contributed by atoms with Gasteiger partial charge in [0.15, 0.2) is 11.5 Å². The second kappa shape index (κ2) is 5.68. The molecule has 1 fully saturated rings. The largest absolute Gasteiger partial charge is 0.493 e. The molecule has 6 heteroatoms. The summed E-state index contributed by atoms with van der Waals surface area (Å²) in [4.78, 5) is 13.2. The van der Waals surface area contributed by atoms with Gasteiger partial charge in [-0.1, -0.05) is 6.07 Å². The molecule has 1 atom stereocenters. The molecule has 0 aromatic heterocycles. The number of hydrogen-bond donors (Lipinski definition) is 2. The van der Waals surface area contributed by atoms with Gasteiger partial charge in [-0.3, -0.25) is 9.69 Å². The molecule has 110 valence electrons. The van der Waals surface area contributed by atoms with E-state index in [9.17, 15) is 4.79 Å². The van der Waals surface area contributed by atoms with E-state index in [1.807, 2.05) is 23.1 Å². The second-order valence-corrected chi connectivity index (χ2v) is 5.11. The van der Waals surface area contributed by atoms with Crippen molar-refractivity contribution >= 4 is 5.97 Å². The second-order valence-electron chi connectivity index (χ2n) is 5.11. The van der Waals surface area contributed by atoms with Crippen molar-refractivity contribution in [3.63, 3.8) is 0 Å². The Hall–Kier alpha value is -1.79. The third-order valence-electron chi connectivity index (χ3n) is 3.66. The van der Waals surface area contributed by atoms with Crippen LogP contribution in [0, 0.1) is 0 Å². The normalized spacial score (nSPS) is 22.8. The Morgan fingerprint density at radius 3 is 2.65 bits per heavy atom. The molecule has 1 unspecified atom stereocenters. The average Bonchev–Trinajstić information content (AvgIpc) is 2.81. The molecule has 0 spiro atoms. The molecule has 0 bridgehead atoms. The van der Waals surface area contributed by atoms with Crippen LogP contribution >= 0.6 is 0 Å². The number of rotatable bonds is 5. The Labute approximate surface area is 118 Å². The zero-order valence-electron chi connectivity index (χ0n) is 11.8. The molecule has 1 aromatic carbocycles. The maximum absolute atomic E-state index is 11.1. The van der Waals surface area contributed by atoms with Crippen molar-refractivity contribution in [3.8, 4) is 11.5 Å². The van der Waals surface area contributed by atoms with Gasteiger partial charge in [0.2, 0.25) is 0 Å². The summed E-state index contributed by atoms with van der Waals surface area (Å²) >= 11 is 0. The van der Waals surface area contributed by atoms with Crippen molar-refractivity contribution in [1.29, 1.82) is 0 Å². The highest BCUT2D eigenvalue weighted by atomic mass is 16.5. The predicted octanol–water partition coefficient (Wildman–Crippen LogP) is 0.692. The molecule has 0 amide bonds. The van der Waals surface area contributed by atoms with Crippen LogP contribution in [0.25, 0.3) is 0 Å². The summed E-state index contributed by atoms with van der Waals surface area (Å²) in [5.74, 6) is 0.408. The molecule has 0 saturated carbocycles. The fourth-order valence-electron chi connectivity index (χ4n) is 2.46. The zero-order chi connectivity index (χ0) is 14.8. The maximum Gasteiger partial charge on any atom is 0.325 e. The first-order valence-electron chi connectivity index (χ1n) is 6.44. The number of aliphatic carboxylic acids is 1. The van der Waals surface area contributed by atoms with Crippen molar-refractivity contribution < 1.29 is 19.4 Å². The maximum atomic E-state index is 11.1. The highest BCUT2D eigenvalue weighted by molar-refractivity contribution is 5.79. The van der Waals surface area contributed by atoms with Crippen LogP contribution in [-0.2, 0) is 11.3 Å². The van der Waals surface area contributed by atoms with Crippen LogP contribution in [0.3, 0.4) is 0 Å². The molecule has 0 aliphatic carbocycles. The van der Waals surface area contributed by atoms with Gasteiger partial charge in [-0.15, -0.1) is 0 Å². The molecule has 3 N–H and O–H groups in total. The summed E-state index contributed by atoms with van der Waals surface area (Å²) in [6, 6.07) is 5.69. The van der Waals surface area contributed by atoms with Crippen LogP contribution in [0.2, 0.25) is 0 Å². The van der Waals surface area contributed by atoms with Crippen LogP contribution in [0.4, 0.5) is 0 Å². The van der Waals surface area contributed by atoms with E-state index in [1.54, 1.807) is 14.2 Å². The Bertz CT molecular complexity index is 506. The molecule has 1 saturated heterocycles. The Morgan fingerprint density at radius 1 is 1.40 bits per heavy atom. The van der Waals surface area contributed by atoms with Crippen molar-refractivity contribution in [1.82, 2.24) is 4.90 Å². The molecule has 1 aliphatic rings. The number of ether oxygens (including phenoxy) is 2. The average molecular weight is 280 g/mol. The third kappa shape index (κ3) is 2.86. The molecule has 1 aliphatic heterocycles. The lowest BCUT2D eigenvalue weighted by molar-refractivity contribution is -0.142. The standard InChI is InChI=1S/C14H20N2O4/c1-19-11-4-3-10(7-12(11)20-2)8-16-6-5-14(15,9-16)13(17)18/h3-4,7H,5-6,8-9,15H2,1-2H3,(H,17,18). The molecule has 1 heterocycles. The van der Waals surface area contributed by atoms with E-state index in [0.29, 0.717) is 37.6 Å². The van der Waals surface area contributed by atoms with Crippen LogP contribution < -0.4 is 15.2 Å². The van der Waals surface area contributed by atoms with Crippen molar-refractivity contribution in [2.75, 3.05) is 27.3 Å². The van der Waals surface area contributed by atoms with Gasteiger partial charge in [0, 0.05) is 19.6 Å². The van der Waals surface area contributed by atoms with E-state index in [4.69, 9.17) is 20.3 Å². The topological polar surface area (TPSA) is 85.0 Å². The number of hydrogen-bond acceptors (Lipinski definition) is 5. The first-order valence-corrected chi connectivity index (χ1v) is 6.44. The third-order valence-corrected chi connectivity index (χ3v) is 3.66. The highest BCUT2D eigenvalue weighted by Gasteiger charge is 2.41. The van der Waals surface area contributed by atoms with E-state index in [1.165, 1.54) is 0 Å². The molecule has 2 rings (SSSR count). The Balaban J connectivity index is 2.06. The van der Waals surface area contributed by atoms with Gasteiger partial charge in [0.05, 0.1) is 14.2 Å². The minimum Gasteiger partial charge on any atom is -0.493 e. The molecule has 6 nitrogen and oxygen atoms in total. The first-order chi connectivity index (χ1) is 9.48. The number of carbonyl (C=O) groups is 1. The fraction of sp³-hybridized carbons (Fsp3) is 0.500. The fourth-order valence-corrected chi connectivity index (χ4v) is 2.46. The summed E-state index contributed by atoms with van der Waals surface area (Å²) < 4.78 is 10.4. The van der Waals surface area contributed by atoms with E-state index >= 15 is 0 Å². The Morgan fingerprint density at radius 2 is 2.10 bits per heavy atom. The summed E-state index contributed by atoms with van der Waals surface area (Å²) in [6.45, 7) is 1.68. The van der Waals surface area contributed by atoms with Crippen LogP contribution in [-0.4, -0.2) is 48.8 Å². The van der Waals surface area contributed by atoms with E-state index in [2.05, 4.69) is 0 Å². The summed E-state index contributed by atoms with van der Waals surface area (Å²) in [5, 5.41) is 9.12. The van der Waals surface area contributed by atoms with Gasteiger partial charge >= 0.3 is 5.97 Å². The summed E-state index contributed by atoms with van der Waals surface area (Å²) in [6.07, 6.45) is 0.468. The van der Waals surface area contributed by atoms with E-state index in [-0.39, 0.29) is 0 Å². The van der Waals surface area contributed by atoms with Crippen molar-refractivity contribution in [3.05, 3.63) is 23.8 Å². The summed E-state index contributed by atoms with van der Waals surface area (Å²) in [5.41, 5.74) is 5.77. The lowest BCUT2D eigenvalue weighted by Crippen LogP contribution is -2.50. The number of nitrogens with zero attached hydrogens (tertiary/aromatic N) is 1. The van der Waals surface area contributed by atoms with Gasteiger partial charge in [0.25, 0.3) is 0 Å². The lowest BCUT2D eigenvalue weighted by Gasteiger charge is -2.20. The van der Waals surface area contributed by atoms with E-state index in [0.717, 1.165) is 5.56 Å². The lowest BCUT2D eigenvalue weighted by atomic mass is 10.0. The van der Waals surface area contributed by atoms with Crippen molar-refractivity contribution in [2.24, 2.45) is 5.73 Å². The predicted molar refractivity (Wildman–Crippen MR) is 74.0 cm³/mol. The highest BCUT2D eigenvalue weighted by Crippen LogP contribution is 2.29. The number of carboxylic acid groups (broad SMARTS) is 1. The van der Waals surface area contributed by atoms with Crippen LogP contribution in [0.15, 0.2) is 18.2 Å². The molecule has 1 aromatic rings. The summed E-state index contributed by atoms with van der Waals surface area (Å²) in [7, 11) is 3.18. The minimum atomic E-state index is -1.13. The molecule has 20 heavy (non-hydrogen) atoms. The number of nitrogens with two attached hydrogens (primary N) is 1. The SMILES string of the molecule is COc1ccc(CN2CCC(N)(C(=O)O)C2)cc1OC. The smallest absolute Gasteiger partial charge is 0.325 e. The van der Waals surface area contributed by atoms with Gasteiger partial charge in [-0.05, 0) is 24.1 Å². The Kier molecular flexibility index (Phi) is 4.15. The minimum absolute atomic E-state index is 0.358. The monoisotopic (exact) mass is 280 g/mol. The number of benzene rings is 1. The van der Waals surface area contributed by atoms with Gasteiger partial charge < -0.3 is 20.3 Å².